The first-order chi connectivity index (χ1) is 10.9. The quantitative estimate of drug-likeness (QED) is 0.459. The van der Waals surface area contributed by atoms with Gasteiger partial charge in [0.2, 0.25) is 0 Å². The number of hydrogen-bond acceptors (Lipinski definition) is 2. The van der Waals surface area contributed by atoms with Gasteiger partial charge in [-0.05, 0) is 29.5 Å². The molecule has 0 aromatic heterocycles. The second-order valence-electron chi connectivity index (χ2n) is 5.59. The maximum Gasteiger partial charge on any atom is 0.0688 e. The fourth-order valence-corrected chi connectivity index (χ4v) is 3.16. The molecule has 112 valence electrons. The van der Waals surface area contributed by atoms with Crippen LogP contribution in [0.3, 0.4) is 0 Å². The molecule has 0 unspecified atom stereocenters. The minimum absolute atomic E-state index is 0.0266. The lowest BCUT2D eigenvalue weighted by Gasteiger charge is -2.33. The predicted octanol–water partition coefficient (Wildman–Crippen LogP) is 4.68. The minimum atomic E-state index is 0.0266. The zero-order valence-electron chi connectivity index (χ0n) is 12.4. The highest BCUT2D eigenvalue weighted by molar-refractivity contribution is 5.34. The van der Waals surface area contributed by atoms with Crippen LogP contribution >= 0.6 is 0 Å². The molecule has 1 heterocycles. The van der Waals surface area contributed by atoms with E-state index in [4.69, 9.17) is 10.3 Å². The number of hydrogen-bond donors (Lipinski definition) is 0. The largest absolute Gasteiger partial charge is 0.377 e. The van der Waals surface area contributed by atoms with Crippen molar-refractivity contribution in [1.29, 1.82) is 0 Å². The fourth-order valence-electron chi connectivity index (χ4n) is 3.16. The van der Waals surface area contributed by atoms with Gasteiger partial charge in [-0.1, -0.05) is 65.8 Å². The van der Waals surface area contributed by atoms with Gasteiger partial charge < -0.3 is 4.74 Å². The number of ether oxygens (including phenoxy) is 1. The predicted molar refractivity (Wildman–Crippen MR) is 86.6 cm³/mol. The van der Waals surface area contributed by atoms with Gasteiger partial charge in [-0.2, -0.15) is 0 Å². The molecule has 0 bridgehead atoms. The number of rotatable bonds is 4. The van der Waals surface area contributed by atoms with E-state index in [0.717, 1.165) is 12.8 Å². The van der Waals surface area contributed by atoms with Gasteiger partial charge in [-0.15, -0.1) is 0 Å². The van der Waals surface area contributed by atoms with Crippen LogP contribution in [-0.4, -0.2) is 18.8 Å². The molecule has 1 fully saturated rings. The molecule has 2 atom stereocenters. The fraction of sp³-hybridized carbons (Fsp3) is 0.333. The van der Waals surface area contributed by atoms with E-state index < -0.39 is 0 Å². The monoisotopic (exact) mass is 293 g/mol. The SMILES string of the molecule is [N-]=[N+]=N[C@H]1CCO[C@@H](C(c2ccccc2)c2ccccc2)C1. The first-order valence-electron chi connectivity index (χ1n) is 7.64. The van der Waals surface area contributed by atoms with Gasteiger partial charge >= 0.3 is 0 Å². The van der Waals surface area contributed by atoms with E-state index in [1.807, 2.05) is 12.1 Å². The summed E-state index contributed by atoms with van der Waals surface area (Å²) in [5.41, 5.74) is 11.2. The number of azide groups is 1. The molecule has 0 amide bonds. The Kier molecular flexibility index (Phi) is 4.74. The second-order valence-corrected chi connectivity index (χ2v) is 5.59. The summed E-state index contributed by atoms with van der Waals surface area (Å²) in [5.74, 6) is 0.166. The standard InChI is InChI=1S/C18H19N3O/c19-21-20-16-11-12-22-17(13-16)18(14-7-3-1-4-8-14)15-9-5-2-6-10-15/h1-10,16-18H,11-13H2/t16-,17+/m0/s1. The van der Waals surface area contributed by atoms with Crippen LogP contribution in [0.25, 0.3) is 10.4 Å². The topological polar surface area (TPSA) is 58.0 Å². The summed E-state index contributed by atoms with van der Waals surface area (Å²) in [6, 6.07) is 20.8. The average Bonchev–Trinajstić information content (AvgIpc) is 2.58. The Balaban J connectivity index is 1.93. The molecule has 0 radical (unpaired) electrons. The van der Waals surface area contributed by atoms with Crippen molar-refractivity contribution in [2.24, 2.45) is 5.11 Å². The Morgan fingerprint density at radius 2 is 1.59 bits per heavy atom. The van der Waals surface area contributed by atoms with Crippen LogP contribution in [0.4, 0.5) is 0 Å². The van der Waals surface area contributed by atoms with Crippen molar-refractivity contribution in [2.45, 2.75) is 30.9 Å². The Morgan fingerprint density at radius 1 is 1.00 bits per heavy atom. The van der Waals surface area contributed by atoms with Crippen molar-refractivity contribution in [1.82, 2.24) is 0 Å². The van der Waals surface area contributed by atoms with E-state index in [2.05, 4.69) is 58.6 Å². The lowest BCUT2D eigenvalue weighted by molar-refractivity contribution is -0.00133. The minimum Gasteiger partial charge on any atom is -0.377 e. The zero-order valence-corrected chi connectivity index (χ0v) is 12.4. The van der Waals surface area contributed by atoms with Gasteiger partial charge in [0.05, 0.1) is 6.10 Å². The number of benzene rings is 2. The lowest BCUT2D eigenvalue weighted by atomic mass is 9.83. The van der Waals surface area contributed by atoms with Crippen LogP contribution in [-0.2, 0) is 4.74 Å². The molecule has 0 aliphatic carbocycles. The van der Waals surface area contributed by atoms with Gasteiger partial charge in [-0.25, -0.2) is 0 Å². The van der Waals surface area contributed by atoms with Crippen LogP contribution in [0.15, 0.2) is 65.8 Å². The highest BCUT2D eigenvalue weighted by atomic mass is 16.5. The summed E-state index contributed by atoms with van der Waals surface area (Å²) in [4.78, 5) is 2.97. The second kappa shape index (κ2) is 7.12. The molecule has 0 N–H and O–H groups in total. The van der Waals surface area contributed by atoms with Crippen molar-refractivity contribution < 1.29 is 4.74 Å². The molecular formula is C18H19N3O. The van der Waals surface area contributed by atoms with Crippen molar-refractivity contribution in [3.63, 3.8) is 0 Å². The molecule has 4 heteroatoms. The summed E-state index contributed by atoms with van der Waals surface area (Å²) in [6.07, 6.45) is 1.60. The third kappa shape index (κ3) is 3.30. The van der Waals surface area contributed by atoms with E-state index in [1.165, 1.54) is 11.1 Å². The Morgan fingerprint density at radius 3 is 2.14 bits per heavy atom. The molecule has 4 nitrogen and oxygen atoms in total. The van der Waals surface area contributed by atoms with Crippen LogP contribution < -0.4 is 0 Å². The third-order valence-corrected chi connectivity index (χ3v) is 4.19. The lowest BCUT2D eigenvalue weighted by Crippen LogP contribution is -2.33. The Labute approximate surface area is 130 Å². The van der Waals surface area contributed by atoms with E-state index in [9.17, 15) is 0 Å². The van der Waals surface area contributed by atoms with Gasteiger partial charge in [0.15, 0.2) is 0 Å². The van der Waals surface area contributed by atoms with E-state index in [-0.39, 0.29) is 18.1 Å². The van der Waals surface area contributed by atoms with E-state index in [1.54, 1.807) is 0 Å². The van der Waals surface area contributed by atoms with Gasteiger partial charge in [0.25, 0.3) is 0 Å². The molecule has 22 heavy (non-hydrogen) atoms. The Hall–Kier alpha value is -2.29. The van der Waals surface area contributed by atoms with Crippen LogP contribution in [0, 0.1) is 0 Å². The van der Waals surface area contributed by atoms with Crippen molar-refractivity contribution in [3.8, 4) is 0 Å². The molecule has 3 rings (SSSR count). The van der Waals surface area contributed by atoms with Crippen molar-refractivity contribution in [3.05, 3.63) is 82.2 Å². The summed E-state index contributed by atoms with van der Waals surface area (Å²) in [7, 11) is 0. The average molecular weight is 293 g/mol. The van der Waals surface area contributed by atoms with E-state index in [0.29, 0.717) is 6.61 Å². The maximum absolute atomic E-state index is 8.69. The Bertz CT molecular complexity index is 598. The van der Waals surface area contributed by atoms with Crippen LogP contribution in [0.5, 0.6) is 0 Å². The van der Waals surface area contributed by atoms with Crippen molar-refractivity contribution in [2.75, 3.05) is 6.61 Å². The molecule has 2 aromatic carbocycles. The smallest absolute Gasteiger partial charge is 0.0688 e. The third-order valence-electron chi connectivity index (χ3n) is 4.19. The molecule has 1 aliphatic heterocycles. The highest BCUT2D eigenvalue weighted by Crippen LogP contribution is 2.34. The van der Waals surface area contributed by atoms with Crippen LogP contribution in [0.2, 0.25) is 0 Å². The highest BCUT2D eigenvalue weighted by Gasteiger charge is 2.31. The first-order valence-corrected chi connectivity index (χ1v) is 7.64. The number of nitrogens with zero attached hydrogens (tertiary/aromatic N) is 3. The summed E-state index contributed by atoms with van der Waals surface area (Å²) in [5, 5.41) is 3.90. The van der Waals surface area contributed by atoms with Gasteiger partial charge in [0.1, 0.15) is 0 Å². The molecule has 1 aliphatic rings. The van der Waals surface area contributed by atoms with Crippen molar-refractivity contribution >= 4 is 0 Å². The van der Waals surface area contributed by atoms with Gasteiger partial charge in [-0.3, -0.25) is 0 Å². The molecule has 0 saturated carbocycles. The maximum atomic E-state index is 8.69. The first kappa shape index (κ1) is 14.6. The summed E-state index contributed by atoms with van der Waals surface area (Å²) < 4.78 is 6.04. The normalized spacial score (nSPS) is 21.3. The van der Waals surface area contributed by atoms with E-state index >= 15 is 0 Å². The molecule has 1 saturated heterocycles. The molecular weight excluding hydrogens is 274 g/mol. The van der Waals surface area contributed by atoms with Gasteiger partial charge in [0, 0.05) is 23.5 Å². The summed E-state index contributed by atoms with van der Waals surface area (Å²) in [6.45, 7) is 0.643. The molecule has 2 aromatic rings. The zero-order chi connectivity index (χ0) is 15.2. The van der Waals surface area contributed by atoms with Crippen LogP contribution in [0.1, 0.15) is 29.9 Å². The summed E-state index contributed by atoms with van der Waals surface area (Å²) >= 11 is 0. The molecule has 0 spiro atoms.